The third-order valence-electron chi connectivity index (χ3n) is 5.26. The van der Waals surface area contributed by atoms with E-state index in [9.17, 15) is 0 Å². The molecule has 0 aromatic heterocycles. The number of aliphatic imine (C=N–C) groups is 1. The molecule has 0 radical (unpaired) electrons. The highest BCUT2D eigenvalue weighted by atomic mass is 16.5. The highest BCUT2D eigenvalue weighted by Gasteiger charge is 2.22. The van der Waals surface area contributed by atoms with Crippen molar-refractivity contribution in [2.45, 2.75) is 71.2 Å². The summed E-state index contributed by atoms with van der Waals surface area (Å²) in [5.41, 5.74) is 0. The maximum atomic E-state index is 5.80. The lowest BCUT2D eigenvalue weighted by molar-refractivity contribution is -0.0679. The molecule has 6 heteroatoms. The van der Waals surface area contributed by atoms with Crippen molar-refractivity contribution in [1.29, 1.82) is 0 Å². The molecule has 2 N–H and O–H groups in total. The Bertz CT molecular complexity index is 397. The molecule has 146 valence electrons. The molecule has 2 aliphatic rings. The highest BCUT2D eigenvalue weighted by molar-refractivity contribution is 5.79. The van der Waals surface area contributed by atoms with Crippen molar-refractivity contribution in [3.8, 4) is 0 Å². The molecule has 2 rings (SSSR count). The molecule has 0 aromatic rings. The maximum absolute atomic E-state index is 5.80. The van der Waals surface area contributed by atoms with E-state index in [0.717, 1.165) is 38.6 Å². The number of nitrogens with one attached hydrogen (secondary N) is 2. The second-order valence-corrected chi connectivity index (χ2v) is 7.92. The summed E-state index contributed by atoms with van der Waals surface area (Å²) in [7, 11) is 1.86. The quantitative estimate of drug-likeness (QED) is 0.431. The zero-order chi connectivity index (χ0) is 18.2. The molecule has 0 bridgehead atoms. The minimum Gasteiger partial charge on any atom is -0.373 e. The summed E-state index contributed by atoms with van der Waals surface area (Å²) in [6, 6.07) is 1.20. The highest BCUT2D eigenvalue weighted by Crippen LogP contribution is 2.13. The van der Waals surface area contributed by atoms with Gasteiger partial charge < -0.3 is 20.3 Å². The topological polar surface area (TPSA) is 52.1 Å². The standard InChI is InChI=1S/C19H39N5O/c1-15(2)24-11-7-18(8-12-24)22-19(20-5)21-9-6-10-23-13-16(3)25-17(4)14-23/h15-18H,6-14H2,1-5H3,(H2,20,21,22). The van der Waals surface area contributed by atoms with E-state index in [1.165, 1.54) is 25.9 Å². The number of ether oxygens (including phenoxy) is 1. The number of hydrogen-bond acceptors (Lipinski definition) is 4. The lowest BCUT2D eigenvalue weighted by atomic mass is 10.0. The molecular formula is C19H39N5O. The Labute approximate surface area is 154 Å². The van der Waals surface area contributed by atoms with E-state index >= 15 is 0 Å². The second kappa shape index (κ2) is 10.3. The lowest BCUT2D eigenvalue weighted by Gasteiger charge is -2.36. The van der Waals surface area contributed by atoms with Gasteiger partial charge in [-0.1, -0.05) is 0 Å². The predicted molar refractivity (Wildman–Crippen MR) is 105 cm³/mol. The van der Waals surface area contributed by atoms with Gasteiger partial charge in [0.25, 0.3) is 0 Å². The van der Waals surface area contributed by atoms with Crippen LogP contribution in [0.15, 0.2) is 4.99 Å². The summed E-state index contributed by atoms with van der Waals surface area (Å²) in [4.78, 5) is 9.46. The van der Waals surface area contributed by atoms with Crippen LogP contribution in [0.1, 0.15) is 47.0 Å². The van der Waals surface area contributed by atoms with Crippen molar-refractivity contribution in [1.82, 2.24) is 20.4 Å². The molecule has 2 saturated heterocycles. The predicted octanol–water partition coefficient (Wildman–Crippen LogP) is 1.52. The van der Waals surface area contributed by atoms with Crippen LogP contribution in [0.4, 0.5) is 0 Å². The fourth-order valence-corrected chi connectivity index (χ4v) is 3.92. The Kier molecular flexibility index (Phi) is 8.46. The molecule has 0 amide bonds. The first kappa shape index (κ1) is 20.5. The van der Waals surface area contributed by atoms with Crippen LogP contribution in [0, 0.1) is 0 Å². The fraction of sp³-hybridized carbons (Fsp3) is 0.947. The third kappa shape index (κ3) is 7.12. The van der Waals surface area contributed by atoms with E-state index in [2.05, 4.69) is 53.1 Å². The van der Waals surface area contributed by atoms with Crippen LogP contribution < -0.4 is 10.6 Å². The SMILES string of the molecule is CN=C(NCCCN1CC(C)OC(C)C1)NC1CCN(C(C)C)CC1. The Morgan fingerprint density at radius 3 is 2.36 bits per heavy atom. The Hall–Kier alpha value is -0.850. The number of hydrogen-bond donors (Lipinski definition) is 2. The number of guanidine groups is 1. The van der Waals surface area contributed by atoms with Crippen molar-refractivity contribution >= 4 is 5.96 Å². The zero-order valence-corrected chi connectivity index (χ0v) is 16.9. The van der Waals surface area contributed by atoms with Crippen LogP contribution in [0.2, 0.25) is 0 Å². The van der Waals surface area contributed by atoms with E-state index in [-0.39, 0.29) is 0 Å². The first-order chi connectivity index (χ1) is 12.0. The average Bonchev–Trinajstić information content (AvgIpc) is 2.57. The monoisotopic (exact) mass is 353 g/mol. The van der Waals surface area contributed by atoms with E-state index in [4.69, 9.17) is 4.74 Å². The van der Waals surface area contributed by atoms with Gasteiger partial charge in [0.05, 0.1) is 12.2 Å². The largest absolute Gasteiger partial charge is 0.373 e. The van der Waals surface area contributed by atoms with Gasteiger partial charge in [-0.2, -0.15) is 0 Å². The van der Waals surface area contributed by atoms with Crippen molar-refractivity contribution in [2.24, 2.45) is 4.99 Å². The number of nitrogens with zero attached hydrogens (tertiary/aromatic N) is 3. The van der Waals surface area contributed by atoms with E-state index in [1.807, 2.05) is 7.05 Å². The van der Waals surface area contributed by atoms with Crippen molar-refractivity contribution in [3.63, 3.8) is 0 Å². The first-order valence-electron chi connectivity index (χ1n) is 10.1. The average molecular weight is 354 g/mol. The van der Waals surface area contributed by atoms with Gasteiger partial charge in [0, 0.05) is 58.4 Å². The number of rotatable bonds is 6. The fourth-order valence-electron chi connectivity index (χ4n) is 3.92. The van der Waals surface area contributed by atoms with E-state index < -0.39 is 0 Å². The Balaban J connectivity index is 1.61. The summed E-state index contributed by atoms with van der Waals surface area (Å²) in [6.07, 6.45) is 4.22. The molecule has 2 atom stereocenters. The number of piperidine rings is 1. The van der Waals surface area contributed by atoms with Crippen molar-refractivity contribution in [2.75, 3.05) is 46.3 Å². The van der Waals surface area contributed by atoms with Gasteiger partial charge in [-0.3, -0.25) is 9.89 Å². The Morgan fingerprint density at radius 1 is 1.16 bits per heavy atom. The van der Waals surface area contributed by atoms with E-state index in [1.54, 1.807) is 0 Å². The molecule has 2 heterocycles. The third-order valence-corrected chi connectivity index (χ3v) is 5.26. The lowest BCUT2D eigenvalue weighted by Crippen LogP contribution is -2.50. The smallest absolute Gasteiger partial charge is 0.191 e. The zero-order valence-electron chi connectivity index (χ0n) is 16.9. The maximum Gasteiger partial charge on any atom is 0.191 e. The number of morpholine rings is 1. The van der Waals surface area contributed by atoms with Crippen LogP contribution in [-0.2, 0) is 4.74 Å². The first-order valence-corrected chi connectivity index (χ1v) is 10.1. The molecule has 0 spiro atoms. The molecule has 2 unspecified atom stereocenters. The van der Waals surface area contributed by atoms with Gasteiger partial charge >= 0.3 is 0 Å². The van der Waals surface area contributed by atoms with Gasteiger partial charge in [0.15, 0.2) is 5.96 Å². The van der Waals surface area contributed by atoms with Crippen LogP contribution in [0.25, 0.3) is 0 Å². The molecule has 6 nitrogen and oxygen atoms in total. The number of likely N-dealkylation sites (tertiary alicyclic amines) is 1. The Morgan fingerprint density at radius 2 is 1.80 bits per heavy atom. The molecule has 2 aliphatic heterocycles. The molecule has 0 aliphatic carbocycles. The van der Waals surface area contributed by atoms with Crippen LogP contribution in [-0.4, -0.2) is 86.4 Å². The molecule has 25 heavy (non-hydrogen) atoms. The van der Waals surface area contributed by atoms with Gasteiger partial charge in [-0.05, 0) is 47.0 Å². The van der Waals surface area contributed by atoms with Crippen molar-refractivity contribution < 1.29 is 4.74 Å². The summed E-state index contributed by atoms with van der Waals surface area (Å²) in [6.45, 7) is 15.4. The molecule has 2 fully saturated rings. The van der Waals surface area contributed by atoms with Gasteiger partial charge in [-0.15, -0.1) is 0 Å². The summed E-state index contributed by atoms with van der Waals surface area (Å²) < 4.78 is 5.80. The molecular weight excluding hydrogens is 314 g/mol. The van der Waals surface area contributed by atoms with E-state index in [0.29, 0.717) is 24.3 Å². The van der Waals surface area contributed by atoms with Crippen LogP contribution >= 0.6 is 0 Å². The normalized spacial score (nSPS) is 27.7. The second-order valence-electron chi connectivity index (χ2n) is 7.92. The summed E-state index contributed by atoms with van der Waals surface area (Å²) >= 11 is 0. The van der Waals surface area contributed by atoms with Gasteiger partial charge in [-0.25, -0.2) is 0 Å². The van der Waals surface area contributed by atoms with Crippen molar-refractivity contribution in [3.05, 3.63) is 0 Å². The van der Waals surface area contributed by atoms with Gasteiger partial charge in [0.1, 0.15) is 0 Å². The minimum absolute atomic E-state index is 0.350. The summed E-state index contributed by atoms with van der Waals surface area (Å²) in [5, 5.41) is 7.08. The summed E-state index contributed by atoms with van der Waals surface area (Å²) in [5.74, 6) is 0.951. The molecule has 0 saturated carbocycles. The molecule has 0 aromatic carbocycles. The van der Waals surface area contributed by atoms with Crippen LogP contribution in [0.3, 0.4) is 0 Å². The van der Waals surface area contributed by atoms with Gasteiger partial charge in [0.2, 0.25) is 0 Å². The van der Waals surface area contributed by atoms with Crippen LogP contribution in [0.5, 0.6) is 0 Å². The minimum atomic E-state index is 0.350.